The fourth-order valence-corrected chi connectivity index (χ4v) is 4.43. The lowest BCUT2D eigenvalue weighted by atomic mass is 9.98. The smallest absolute Gasteiger partial charge is 0.410 e. The second-order valence-corrected chi connectivity index (χ2v) is 9.26. The van der Waals surface area contributed by atoms with E-state index in [-0.39, 0.29) is 22.2 Å². The number of ether oxygens (including phenoxy) is 2. The molecule has 4 rings (SSSR count). The Morgan fingerprint density at radius 3 is 2.68 bits per heavy atom. The highest BCUT2D eigenvalue weighted by atomic mass is 19.1. The van der Waals surface area contributed by atoms with Crippen LogP contribution >= 0.6 is 0 Å². The maximum absolute atomic E-state index is 15.4. The van der Waals surface area contributed by atoms with E-state index in [1.165, 1.54) is 24.1 Å². The molecule has 1 aromatic heterocycles. The molecule has 1 unspecified atom stereocenters. The van der Waals surface area contributed by atoms with Gasteiger partial charge < -0.3 is 19.4 Å². The van der Waals surface area contributed by atoms with Crippen molar-refractivity contribution in [3.05, 3.63) is 58.9 Å². The van der Waals surface area contributed by atoms with Gasteiger partial charge in [0, 0.05) is 34.1 Å². The van der Waals surface area contributed by atoms with Crippen LogP contribution in [0, 0.1) is 5.82 Å². The zero-order chi connectivity index (χ0) is 25.5. The number of halogens is 1. The van der Waals surface area contributed by atoms with Crippen LogP contribution in [0.15, 0.2) is 36.4 Å². The number of hydrogen-bond acceptors (Lipinski definition) is 5. The van der Waals surface area contributed by atoms with Gasteiger partial charge in [-0.2, -0.15) is 0 Å². The van der Waals surface area contributed by atoms with Gasteiger partial charge in [-0.05, 0) is 51.8 Å². The third kappa shape index (κ3) is 4.27. The minimum Gasteiger partial charge on any atom is -0.465 e. The summed E-state index contributed by atoms with van der Waals surface area (Å²) >= 11 is 0. The van der Waals surface area contributed by atoms with E-state index in [1.54, 1.807) is 45.0 Å². The Hall–Kier alpha value is -3.68. The predicted molar refractivity (Wildman–Crippen MR) is 125 cm³/mol. The highest BCUT2D eigenvalue weighted by Crippen LogP contribution is 2.37. The molecular weight excluding hydrogens is 439 g/mol. The van der Waals surface area contributed by atoms with E-state index in [0.717, 1.165) is 6.42 Å². The van der Waals surface area contributed by atoms with E-state index < -0.39 is 35.8 Å². The van der Waals surface area contributed by atoms with Gasteiger partial charge in [0.05, 0.1) is 24.4 Å². The molecule has 2 heterocycles. The molecule has 1 amide bonds. The molecule has 1 aliphatic heterocycles. The van der Waals surface area contributed by atoms with Crippen molar-refractivity contribution in [2.75, 3.05) is 13.7 Å². The first-order chi connectivity index (χ1) is 16.5. The van der Waals surface area contributed by atoms with E-state index in [9.17, 15) is 14.4 Å². The van der Waals surface area contributed by atoms with Crippen LogP contribution in [-0.2, 0) is 9.47 Å². The molecule has 1 aliphatic rings. The van der Waals surface area contributed by atoms with Crippen LogP contribution in [0.5, 0.6) is 0 Å². The number of hydrogen-bond donors (Lipinski definition) is 1. The number of carbonyl (C=O) groups excluding carboxylic acids is 3. The molecule has 0 spiro atoms. The molecule has 0 bridgehead atoms. The number of carbonyl (C=O) groups is 3. The zero-order valence-electron chi connectivity index (χ0n) is 20.5. The molecule has 8 heteroatoms. The Bertz CT molecular complexity index is 1330. The largest absolute Gasteiger partial charge is 0.465 e. The van der Waals surface area contributed by atoms with Gasteiger partial charge in [0.2, 0.25) is 0 Å². The van der Waals surface area contributed by atoms with E-state index in [1.807, 2.05) is 0 Å². The van der Waals surface area contributed by atoms with Crippen molar-refractivity contribution < 1.29 is 29.6 Å². The molecule has 1 N–H and O–H groups in total. The lowest BCUT2D eigenvalue weighted by Gasteiger charge is -2.29. The lowest BCUT2D eigenvalue weighted by Crippen LogP contribution is -2.36. The van der Waals surface area contributed by atoms with Gasteiger partial charge in [-0.15, -0.1) is 0 Å². The number of rotatable bonds is 4. The van der Waals surface area contributed by atoms with Crippen LogP contribution in [0.4, 0.5) is 9.18 Å². The summed E-state index contributed by atoms with van der Waals surface area (Å²) in [6.45, 7) is 5.81. The first kappa shape index (κ1) is 22.1. The summed E-state index contributed by atoms with van der Waals surface area (Å²) in [5, 5.41) is 0.255. The summed E-state index contributed by atoms with van der Waals surface area (Å²) in [5.41, 5.74) is 0.818. The number of likely N-dealkylation sites (tertiary alicyclic amines) is 1. The van der Waals surface area contributed by atoms with E-state index >= 15 is 4.39 Å². The van der Waals surface area contributed by atoms with E-state index in [0.29, 0.717) is 29.6 Å². The van der Waals surface area contributed by atoms with Gasteiger partial charge in [-0.3, -0.25) is 4.79 Å². The fraction of sp³-hybridized carbons (Fsp3) is 0.346. The zero-order valence-corrected chi connectivity index (χ0v) is 19.5. The summed E-state index contributed by atoms with van der Waals surface area (Å²) in [5.74, 6) is -1.19. The summed E-state index contributed by atoms with van der Waals surface area (Å²) < 4.78 is 33.5. The average molecular weight is 468 g/mol. The van der Waals surface area contributed by atoms with Crippen LogP contribution in [0.25, 0.3) is 22.2 Å². The Labute approximate surface area is 198 Å². The molecule has 7 nitrogen and oxygen atoms in total. The minimum atomic E-state index is -1.01. The molecule has 2 aromatic carbocycles. The molecule has 1 saturated heterocycles. The van der Waals surface area contributed by atoms with Crippen molar-refractivity contribution in [1.29, 1.82) is 0 Å². The Balaban J connectivity index is 1.76. The van der Waals surface area contributed by atoms with Crippen molar-refractivity contribution >= 4 is 29.2 Å². The van der Waals surface area contributed by atoms with Crippen molar-refractivity contribution in [3.8, 4) is 11.3 Å². The summed E-state index contributed by atoms with van der Waals surface area (Å²) in [6.07, 6.45) is -0.183. The number of fused-ring (bicyclic) bond motifs is 1. The fourth-order valence-electron chi connectivity index (χ4n) is 4.43. The average Bonchev–Trinajstić information content (AvgIpc) is 3.42. The SMILES string of the molecule is [2H]C(=O)c1c(-c2ccc(C3CCCN3C(=O)OC(C)(C)C)c(F)c2)[nH]c2cccc(C(=O)OC)c12. The van der Waals surface area contributed by atoms with Crippen molar-refractivity contribution in [3.63, 3.8) is 0 Å². The van der Waals surface area contributed by atoms with Crippen LogP contribution in [0.1, 0.15) is 67.3 Å². The number of aromatic nitrogens is 1. The first-order valence-corrected chi connectivity index (χ1v) is 11.0. The van der Waals surface area contributed by atoms with E-state index in [4.69, 9.17) is 10.8 Å². The second kappa shape index (κ2) is 8.93. The number of nitrogens with zero attached hydrogens (tertiary/aromatic N) is 1. The minimum absolute atomic E-state index is 0.0376. The molecule has 0 aliphatic carbocycles. The maximum Gasteiger partial charge on any atom is 0.410 e. The van der Waals surface area contributed by atoms with Crippen molar-refractivity contribution in [2.45, 2.75) is 45.3 Å². The highest BCUT2D eigenvalue weighted by molar-refractivity contribution is 6.13. The van der Waals surface area contributed by atoms with Gasteiger partial charge in [-0.1, -0.05) is 18.2 Å². The molecular formula is C26H27FN2O5. The van der Waals surface area contributed by atoms with Gasteiger partial charge in [0.25, 0.3) is 0 Å². The Morgan fingerprint density at radius 2 is 2.03 bits per heavy atom. The number of nitrogens with one attached hydrogen (secondary N) is 1. The number of benzene rings is 2. The van der Waals surface area contributed by atoms with Crippen LogP contribution in [0.2, 0.25) is 0 Å². The van der Waals surface area contributed by atoms with Gasteiger partial charge >= 0.3 is 12.1 Å². The maximum atomic E-state index is 15.4. The number of aldehydes is 1. The Kier molecular flexibility index (Phi) is 5.81. The Morgan fingerprint density at radius 1 is 1.26 bits per heavy atom. The number of aromatic amines is 1. The molecule has 1 fully saturated rings. The molecule has 0 saturated carbocycles. The second-order valence-electron chi connectivity index (χ2n) is 9.26. The van der Waals surface area contributed by atoms with Crippen LogP contribution in [-0.4, -0.2) is 47.5 Å². The molecule has 34 heavy (non-hydrogen) atoms. The number of amides is 1. The quantitative estimate of drug-likeness (QED) is 0.396. The summed E-state index contributed by atoms with van der Waals surface area (Å²) in [7, 11) is 1.23. The van der Waals surface area contributed by atoms with Crippen LogP contribution < -0.4 is 0 Å². The van der Waals surface area contributed by atoms with Gasteiger partial charge in [0.15, 0.2) is 6.26 Å². The summed E-state index contributed by atoms with van der Waals surface area (Å²) in [4.78, 5) is 41.8. The molecule has 1 atom stereocenters. The third-order valence-corrected chi connectivity index (χ3v) is 5.86. The number of methoxy groups -OCH3 is 1. The lowest BCUT2D eigenvalue weighted by molar-refractivity contribution is 0.0222. The van der Waals surface area contributed by atoms with Gasteiger partial charge in [-0.25, -0.2) is 14.0 Å². The first-order valence-electron chi connectivity index (χ1n) is 11.5. The van der Waals surface area contributed by atoms with Crippen molar-refractivity contribution in [2.24, 2.45) is 0 Å². The van der Waals surface area contributed by atoms with E-state index in [2.05, 4.69) is 4.98 Å². The standard InChI is InChI=1S/C26H27FN2O5/c1-26(2,3)34-25(32)29-12-6-9-21(29)16-11-10-15(13-19(16)27)23-18(14-30)22-17(24(31)33-4)7-5-8-20(22)28-23/h5,7-8,10-11,13-14,21,28H,6,9,12H2,1-4H3/i14D. The topological polar surface area (TPSA) is 88.7 Å². The third-order valence-electron chi connectivity index (χ3n) is 5.86. The number of H-pyrrole nitrogens is 1. The number of esters is 1. The van der Waals surface area contributed by atoms with Gasteiger partial charge in [0.1, 0.15) is 12.8 Å². The predicted octanol–water partition coefficient (Wildman–Crippen LogP) is 5.65. The normalized spacial score (nSPS) is 16.4. The highest BCUT2D eigenvalue weighted by Gasteiger charge is 2.34. The molecule has 178 valence electrons. The van der Waals surface area contributed by atoms with Crippen molar-refractivity contribution in [1.82, 2.24) is 9.88 Å². The molecule has 3 aromatic rings. The monoisotopic (exact) mass is 467 g/mol. The summed E-state index contributed by atoms with van der Waals surface area (Å²) in [6, 6.07) is 8.83. The van der Waals surface area contributed by atoms with Crippen LogP contribution in [0.3, 0.4) is 0 Å². The molecule has 0 radical (unpaired) electrons.